The van der Waals surface area contributed by atoms with Crippen molar-refractivity contribution in [2.45, 2.75) is 34.2 Å². The third-order valence-corrected chi connectivity index (χ3v) is 3.87. The Balaban J connectivity index is 0.000000616. The zero-order valence-corrected chi connectivity index (χ0v) is 18.6. The molecule has 1 heterocycles. The molecule has 26 heavy (non-hydrogen) atoms. The molecule has 0 spiro atoms. The van der Waals surface area contributed by atoms with Crippen LogP contribution in [-0.2, 0) is 11.3 Å². The molecule has 7 heteroatoms. The standard InChI is InChI=1S/C17H15F2N2.C2H4O2.K/c1-10-5-4-6-11(2)13(10)9-21-15-8-7-14(18)17(19)16(15)12(3)20-21;1-2(3)4;/h4-6,8H,9H2,1-3H3;1H3,(H,3,4);/q-1;;+1. The average Bonchev–Trinajstić information content (AvgIpc) is 2.83. The van der Waals surface area contributed by atoms with Crippen molar-refractivity contribution in [1.82, 2.24) is 9.78 Å². The monoisotopic (exact) mass is 384 g/mol. The third kappa shape index (κ3) is 5.20. The fourth-order valence-corrected chi connectivity index (χ4v) is 2.69. The zero-order chi connectivity index (χ0) is 18.7. The van der Waals surface area contributed by atoms with E-state index in [9.17, 15) is 8.78 Å². The predicted octanol–water partition coefficient (Wildman–Crippen LogP) is 1.18. The Hall–Kier alpha value is -1.12. The minimum Gasteiger partial charge on any atom is -0.481 e. The summed E-state index contributed by atoms with van der Waals surface area (Å²) in [6, 6.07) is 9.84. The van der Waals surface area contributed by atoms with E-state index in [1.807, 2.05) is 32.0 Å². The van der Waals surface area contributed by atoms with Gasteiger partial charge in [0, 0.05) is 18.4 Å². The number of hydrogen-bond acceptors (Lipinski definition) is 2. The molecular weight excluding hydrogens is 365 g/mol. The first-order valence-corrected chi connectivity index (χ1v) is 7.69. The maximum Gasteiger partial charge on any atom is 1.00 e. The molecule has 0 amide bonds. The summed E-state index contributed by atoms with van der Waals surface area (Å²) in [6.45, 7) is 7.37. The van der Waals surface area contributed by atoms with Gasteiger partial charge in [-0.15, -0.1) is 12.1 Å². The van der Waals surface area contributed by atoms with Gasteiger partial charge in [-0.1, -0.05) is 23.6 Å². The molecule has 0 radical (unpaired) electrons. The smallest absolute Gasteiger partial charge is 0.481 e. The van der Waals surface area contributed by atoms with Crippen LogP contribution in [0, 0.1) is 38.5 Å². The molecule has 0 unspecified atom stereocenters. The summed E-state index contributed by atoms with van der Waals surface area (Å²) < 4.78 is 28.9. The minimum atomic E-state index is -0.961. The van der Waals surface area contributed by atoms with E-state index >= 15 is 0 Å². The first-order valence-electron chi connectivity index (χ1n) is 7.69. The summed E-state index contributed by atoms with van der Waals surface area (Å²) in [5.74, 6) is -2.67. The van der Waals surface area contributed by atoms with Gasteiger partial charge in [-0.3, -0.25) is 9.18 Å². The summed E-state index contributed by atoms with van der Waals surface area (Å²) in [7, 11) is 0. The van der Waals surface area contributed by atoms with Crippen LogP contribution < -0.4 is 51.4 Å². The van der Waals surface area contributed by atoms with Crippen LogP contribution in [0.3, 0.4) is 0 Å². The molecule has 0 aliphatic rings. The van der Waals surface area contributed by atoms with E-state index in [0.29, 0.717) is 17.8 Å². The van der Waals surface area contributed by atoms with E-state index < -0.39 is 17.6 Å². The van der Waals surface area contributed by atoms with Gasteiger partial charge >= 0.3 is 51.4 Å². The Labute approximate surface area is 193 Å². The Morgan fingerprint density at radius 3 is 2.31 bits per heavy atom. The molecule has 0 aliphatic heterocycles. The molecular formula is C19H19F2KN2O2. The van der Waals surface area contributed by atoms with Crippen molar-refractivity contribution in [2.24, 2.45) is 0 Å². The number of carboxylic acid groups (broad SMARTS) is 1. The SMILES string of the molecule is CC(=O)O.Cc1cccc(C)c1Cn1nc(C)c2c(F)c(F)[c-]cc21.[K+]. The molecule has 3 aromatic rings. The van der Waals surface area contributed by atoms with Crippen LogP contribution in [0.5, 0.6) is 0 Å². The van der Waals surface area contributed by atoms with Crippen molar-refractivity contribution >= 4 is 16.9 Å². The van der Waals surface area contributed by atoms with Gasteiger partial charge in [0.25, 0.3) is 5.97 Å². The van der Waals surface area contributed by atoms with Crippen molar-refractivity contribution in [3.05, 3.63) is 64.4 Å². The molecule has 0 fully saturated rings. The van der Waals surface area contributed by atoms with Crippen LogP contribution in [-0.4, -0.2) is 20.9 Å². The summed E-state index contributed by atoms with van der Waals surface area (Å²) in [6.07, 6.45) is 0. The second-order valence-electron chi connectivity index (χ2n) is 5.81. The van der Waals surface area contributed by atoms with E-state index in [-0.39, 0.29) is 56.8 Å². The van der Waals surface area contributed by atoms with Crippen LogP contribution >= 0.6 is 0 Å². The summed E-state index contributed by atoms with van der Waals surface area (Å²) in [5.41, 5.74) is 4.51. The van der Waals surface area contributed by atoms with Gasteiger partial charge in [0.05, 0.1) is 12.4 Å². The topological polar surface area (TPSA) is 55.1 Å². The van der Waals surface area contributed by atoms with Gasteiger partial charge in [-0.25, -0.2) is 4.39 Å². The molecule has 0 saturated carbocycles. The molecule has 0 saturated heterocycles. The molecule has 0 aliphatic carbocycles. The molecule has 1 N–H and O–H groups in total. The Bertz CT molecular complexity index is 915. The van der Waals surface area contributed by atoms with Crippen molar-refractivity contribution in [3.8, 4) is 0 Å². The number of hydrogen-bond donors (Lipinski definition) is 1. The molecule has 3 rings (SSSR count). The number of nitrogens with zero attached hydrogens (tertiary/aromatic N) is 2. The maximum absolute atomic E-state index is 13.9. The van der Waals surface area contributed by atoms with Gasteiger partial charge in [-0.2, -0.15) is 5.10 Å². The second kappa shape index (κ2) is 9.71. The number of carboxylic acids is 1. The molecule has 4 nitrogen and oxygen atoms in total. The molecule has 0 bridgehead atoms. The van der Waals surface area contributed by atoms with Crippen LogP contribution in [0.2, 0.25) is 0 Å². The first-order chi connectivity index (χ1) is 11.7. The minimum absolute atomic E-state index is 0. The van der Waals surface area contributed by atoms with E-state index in [1.165, 1.54) is 6.07 Å². The number of aryl methyl sites for hydroxylation is 3. The largest absolute Gasteiger partial charge is 1.00 e. The normalized spacial score (nSPS) is 10.1. The van der Waals surface area contributed by atoms with Crippen LogP contribution in [0.25, 0.3) is 10.9 Å². The van der Waals surface area contributed by atoms with Crippen LogP contribution in [0.1, 0.15) is 29.3 Å². The predicted molar refractivity (Wildman–Crippen MR) is 91.5 cm³/mol. The summed E-state index contributed by atoms with van der Waals surface area (Å²) in [5, 5.41) is 12.0. The van der Waals surface area contributed by atoms with Crippen molar-refractivity contribution < 1.29 is 70.1 Å². The number of aromatic nitrogens is 2. The van der Waals surface area contributed by atoms with Gasteiger partial charge < -0.3 is 9.79 Å². The maximum atomic E-state index is 13.9. The third-order valence-electron chi connectivity index (χ3n) is 3.87. The van der Waals surface area contributed by atoms with E-state index in [0.717, 1.165) is 23.6 Å². The first kappa shape index (κ1) is 22.9. The van der Waals surface area contributed by atoms with E-state index in [2.05, 4.69) is 11.2 Å². The van der Waals surface area contributed by atoms with E-state index in [4.69, 9.17) is 9.90 Å². The van der Waals surface area contributed by atoms with Crippen molar-refractivity contribution in [3.63, 3.8) is 0 Å². The fraction of sp³-hybridized carbons (Fsp3) is 0.263. The Kier molecular flexibility index (Phi) is 8.56. The molecule has 132 valence electrons. The Morgan fingerprint density at radius 2 is 1.77 bits per heavy atom. The van der Waals surface area contributed by atoms with Gasteiger partial charge in [-0.05, 0) is 43.0 Å². The number of halogens is 2. The van der Waals surface area contributed by atoms with Crippen molar-refractivity contribution in [1.29, 1.82) is 0 Å². The average molecular weight is 384 g/mol. The van der Waals surface area contributed by atoms with Crippen molar-refractivity contribution in [2.75, 3.05) is 0 Å². The molecule has 0 atom stereocenters. The van der Waals surface area contributed by atoms with Gasteiger partial charge in [0.15, 0.2) is 0 Å². The van der Waals surface area contributed by atoms with Gasteiger partial charge in [0.2, 0.25) is 0 Å². The molecule has 1 aromatic heterocycles. The van der Waals surface area contributed by atoms with Gasteiger partial charge in [0.1, 0.15) is 0 Å². The quantitative estimate of drug-likeness (QED) is 0.533. The van der Waals surface area contributed by atoms with E-state index in [1.54, 1.807) is 11.6 Å². The number of aliphatic carboxylic acids is 1. The van der Waals surface area contributed by atoms with Crippen LogP contribution in [0.4, 0.5) is 8.78 Å². The number of carbonyl (C=O) groups is 1. The molecule has 2 aromatic carbocycles. The number of fused-ring (bicyclic) bond motifs is 1. The van der Waals surface area contributed by atoms with Crippen LogP contribution in [0.15, 0.2) is 24.3 Å². The summed E-state index contributed by atoms with van der Waals surface area (Å²) >= 11 is 0. The zero-order valence-electron chi connectivity index (χ0n) is 15.5. The summed E-state index contributed by atoms with van der Waals surface area (Å²) in [4.78, 5) is 9.00. The Morgan fingerprint density at radius 1 is 1.23 bits per heavy atom. The second-order valence-corrected chi connectivity index (χ2v) is 5.81. The number of benzene rings is 2. The number of rotatable bonds is 2. The fourth-order valence-electron chi connectivity index (χ4n) is 2.69.